The number of para-hydroxylation sites is 1. The van der Waals surface area contributed by atoms with Crippen molar-refractivity contribution >= 4 is 36.5 Å². The van der Waals surface area contributed by atoms with E-state index in [1.807, 2.05) is 0 Å². The molecular formula is C26H32ClFN5O8P. The molecule has 3 heterocycles. The van der Waals surface area contributed by atoms with Gasteiger partial charge in [-0.15, -0.1) is 0 Å². The molecule has 16 heteroatoms. The van der Waals surface area contributed by atoms with E-state index >= 15 is 4.39 Å². The van der Waals surface area contributed by atoms with Gasteiger partial charge in [0.05, 0.1) is 44.8 Å². The van der Waals surface area contributed by atoms with Crippen molar-refractivity contribution in [2.75, 3.05) is 20.3 Å². The van der Waals surface area contributed by atoms with E-state index in [2.05, 4.69) is 20.0 Å². The Morgan fingerprint density at radius 1 is 1.29 bits per heavy atom. The number of imidazole rings is 1. The van der Waals surface area contributed by atoms with Crippen LogP contribution < -0.4 is 14.3 Å². The number of benzene rings is 1. The molecule has 5 rings (SSSR count). The zero-order valence-electron chi connectivity index (χ0n) is 23.6. The number of methoxy groups -OCH3 is 1. The predicted molar refractivity (Wildman–Crippen MR) is 148 cm³/mol. The summed E-state index contributed by atoms with van der Waals surface area (Å²) in [5, 5.41) is 12.6. The number of aromatic nitrogens is 4. The van der Waals surface area contributed by atoms with E-state index < -0.39 is 61.8 Å². The molecule has 0 radical (unpaired) electrons. The maximum atomic E-state index is 16.3. The lowest BCUT2D eigenvalue weighted by Gasteiger charge is -2.34. The highest BCUT2D eigenvalue weighted by Gasteiger charge is 2.82. The fourth-order valence-corrected chi connectivity index (χ4v) is 7.14. The average Bonchev–Trinajstić information content (AvgIpc) is 3.21. The van der Waals surface area contributed by atoms with Gasteiger partial charge in [0, 0.05) is 5.41 Å². The Labute approximate surface area is 246 Å². The van der Waals surface area contributed by atoms with E-state index in [1.54, 1.807) is 51.1 Å². The lowest BCUT2D eigenvalue weighted by molar-refractivity contribution is -0.149. The quantitative estimate of drug-likeness (QED) is 0.170. The molecule has 1 aliphatic carbocycles. The van der Waals surface area contributed by atoms with E-state index in [0.717, 1.165) is 0 Å². The van der Waals surface area contributed by atoms with E-state index in [0.29, 0.717) is 0 Å². The molecule has 2 fully saturated rings. The third kappa shape index (κ3) is 5.47. The third-order valence-electron chi connectivity index (χ3n) is 7.40. The molecular weight excluding hydrogens is 596 g/mol. The van der Waals surface area contributed by atoms with Gasteiger partial charge in [-0.05, 0) is 44.5 Å². The van der Waals surface area contributed by atoms with Gasteiger partial charge in [0.15, 0.2) is 11.2 Å². The van der Waals surface area contributed by atoms with Crippen molar-refractivity contribution in [1.29, 1.82) is 0 Å². The summed E-state index contributed by atoms with van der Waals surface area (Å²) in [4.78, 5) is 25.0. The minimum atomic E-state index is -4.28. The molecule has 0 spiro atoms. The largest absolute Gasteiger partial charge is 0.479 e. The van der Waals surface area contributed by atoms with Crippen LogP contribution in [-0.4, -0.2) is 75.0 Å². The monoisotopic (exact) mass is 627 g/mol. The van der Waals surface area contributed by atoms with E-state index in [1.165, 1.54) is 24.9 Å². The Morgan fingerprint density at radius 2 is 2.00 bits per heavy atom. The number of nitrogens with one attached hydrogen (secondary N) is 1. The first kappa shape index (κ1) is 30.6. The van der Waals surface area contributed by atoms with Crippen molar-refractivity contribution in [3.63, 3.8) is 0 Å². The molecule has 0 amide bonds. The number of hydrogen-bond acceptors (Lipinski definition) is 11. The van der Waals surface area contributed by atoms with Gasteiger partial charge in [-0.25, -0.2) is 13.9 Å². The second kappa shape index (κ2) is 11.3. The van der Waals surface area contributed by atoms with Gasteiger partial charge in [-0.3, -0.25) is 9.32 Å². The van der Waals surface area contributed by atoms with Gasteiger partial charge in [0.25, 0.3) is 0 Å². The molecule has 1 aromatic carbocycles. The van der Waals surface area contributed by atoms with Gasteiger partial charge in [-0.1, -0.05) is 25.1 Å². The van der Waals surface area contributed by atoms with Gasteiger partial charge >= 0.3 is 13.7 Å². The first-order valence-corrected chi connectivity index (χ1v) is 15.2. The maximum absolute atomic E-state index is 16.3. The van der Waals surface area contributed by atoms with Crippen molar-refractivity contribution < 1.29 is 42.1 Å². The number of hydrogen-bond donors (Lipinski definition) is 2. The second-order valence-electron chi connectivity index (χ2n) is 10.8. The number of rotatable bonds is 12. The Morgan fingerprint density at radius 3 is 2.64 bits per heavy atom. The van der Waals surface area contributed by atoms with Crippen LogP contribution in [-0.2, 0) is 23.4 Å². The number of aliphatic hydroxyl groups excluding tert-OH is 1. The Hall–Kier alpha value is -2.87. The average molecular weight is 628 g/mol. The topological polar surface area (TPSA) is 156 Å². The summed E-state index contributed by atoms with van der Waals surface area (Å²) in [5.74, 6) is -3.44. The van der Waals surface area contributed by atoms with Crippen molar-refractivity contribution in [2.45, 2.75) is 57.8 Å². The molecule has 2 aromatic heterocycles. The summed E-state index contributed by atoms with van der Waals surface area (Å²) in [6.07, 6.45) is -0.0331. The molecule has 7 atom stereocenters. The maximum Gasteiger partial charge on any atom is 0.459 e. The van der Waals surface area contributed by atoms with E-state index in [4.69, 9.17) is 34.9 Å². The molecule has 1 saturated carbocycles. The van der Waals surface area contributed by atoms with E-state index in [9.17, 15) is 14.5 Å². The summed E-state index contributed by atoms with van der Waals surface area (Å²) in [6, 6.07) is 6.23. The number of halogens is 2. The molecule has 228 valence electrons. The van der Waals surface area contributed by atoms with Gasteiger partial charge in [-0.2, -0.15) is 15.1 Å². The minimum Gasteiger partial charge on any atom is -0.479 e. The fourth-order valence-electron chi connectivity index (χ4n) is 5.37. The summed E-state index contributed by atoms with van der Waals surface area (Å²) in [6.45, 7) is 5.58. The summed E-state index contributed by atoms with van der Waals surface area (Å²) < 4.78 is 59.7. The van der Waals surface area contributed by atoms with Crippen molar-refractivity contribution in [3.05, 3.63) is 41.9 Å². The van der Waals surface area contributed by atoms with Crippen LogP contribution in [0, 0.1) is 11.3 Å². The van der Waals surface area contributed by atoms with Crippen LogP contribution in [0.15, 0.2) is 36.7 Å². The molecule has 3 aromatic rings. The van der Waals surface area contributed by atoms with Crippen LogP contribution in [0.4, 0.5) is 4.39 Å². The van der Waals surface area contributed by atoms with Crippen LogP contribution in [0.5, 0.6) is 11.6 Å². The first-order valence-electron chi connectivity index (χ1n) is 13.2. The number of alkyl halides is 1. The molecule has 1 saturated heterocycles. The Kier molecular flexibility index (Phi) is 8.25. The molecule has 13 nitrogen and oxygen atoms in total. The Bertz CT molecular complexity index is 1510. The lowest BCUT2D eigenvalue weighted by Crippen LogP contribution is -2.42. The minimum absolute atomic E-state index is 0.116. The summed E-state index contributed by atoms with van der Waals surface area (Å²) in [5.41, 5.74) is -0.711. The van der Waals surface area contributed by atoms with Crippen LogP contribution in [0.2, 0.25) is 5.28 Å². The van der Waals surface area contributed by atoms with Crippen LogP contribution in [0.3, 0.4) is 0 Å². The number of fused-ring (bicyclic) bond motifs is 2. The highest BCUT2D eigenvalue weighted by Crippen LogP contribution is 2.73. The van der Waals surface area contributed by atoms with Crippen LogP contribution >= 0.6 is 19.3 Å². The molecule has 42 heavy (non-hydrogen) atoms. The zero-order chi connectivity index (χ0) is 30.4. The number of aliphatic hydroxyl groups is 1. The van der Waals surface area contributed by atoms with Crippen LogP contribution in [0.1, 0.15) is 33.7 Å². The number of ether oxygens (including phenoxy) is 3. The molecule has 1 aliphatic heterocycles. The number of carbonyl (C=O) groups is 1. The molecule has 4 unspecified atom stereocenters. The Balaban J connectivity index is 1.43. The number of carbonyl (C=O) groups excluding carboxylic acids is 1. The normalized spacial score (nSPS) is 28.7. The number of nitrogens with zero attached hydrogens (tertiary/aromatic N) is 4. The third-order valence-corrected chi connectivity index (χ3v) is 9.19. The van der Waals surface area contributed by atoms with Gasteiger partial charge in [0.1, 0.15) is 17.8 Å². The lowest BCUT2D eigenvalue weighted by atomic mass is 9.81. The van der Waals surface area contributed by atoms with Crippen molar-refractivity contribution in [3.8, 4) is 11.6 Å². The fraction of sp³-hybridized carbons (Fsp3) is 0.538. The predicted octanol–water partition coefficient (Wildman–Crippen LogP) is 3.86. The highest BCUT2D eigenvalue weighted by atomic mass is 35.5. The van der Waals surface area contributed by atoms with Crippen molar-refractivity contribution in [1.82, 2.24) is 24.6 Å². The standard InChI is InChI=1S/C26H32ClFN5O8P/c1-14(2)39-23(35)15(3)32-42(36,41-16-9-7-6-8-10-16)38-12-25(4)17(11-34)40-26(28)19(25)20(26)33-13-29-18-21(33)30-24(27)31-22(18)37-5/h6-10,13-15,17,19-20,34H,11-12H2,1-5H3,(H,32,36)/t15-,17+,19?,20-,25?,26?,42?/m0/s1. The molecule has 2 aliphatic rings. The zero-order valence-corrected chi connectivity index (χ0v) is 25.2. The molecule has 2 N–H and O–H groups in total. The van der Waals surface area contributed by atoms with E-state index in [-0.39, 0.29) is 34.7 Å². The van der Waals surface area contributed by atoms with Crippen LogP contribution in [0.25, 0.3) is 11.2 Å². The summed E-state index contributed by atoms with van der Waals surface area (Å²) in [7, 11) is -2.88. The number of esters is 1. The molecule has 0 bridgehead atoms. The van der Waals surface area contributed by atoms with Crippen molar-refractivity contribution in [2.24, 2.45) is 11.3 Å². The SMILES string of the molecule is COc1nc(Cl)nc2c1ncn2[C@H]1C2C(C)(COP(=O)(N[C@@H](C)C(=O)OC(C)C)Oc3ccccc3)[C@@H](CO)OC21F. The van der Waals surface area contributed by atoms with Gasteiger partial charge in [0.2, 0.25) is 17.0 Å². The second-order valence-corrected chi connectivity index (χ2v) is 12.8. The van der Waals surface area contributed by atoms with Gasteiger partial charge < -0.3 is 28.4 Å². The smallest absolute Gasteiger partial charge is 0.459 e. The highest BCUT2D eigenvalue weighted by molar-refractivity contribution is 7.52. The first-order chi connectivity index (χ1) is 19.8. The summed E-state index contributed by atoms with van der Waals surface area (Å²) >= 11 is 6.07.